The smallest absolute Gasteiger partial charge is 0.322 e. The SMILES string of the molecule is COc1cccc(N2CCC(=O)CC2)c1.COc1cccc(N2CCC3(CC2)NC(=O)NC3=O)c1. The van der Waals surface area contributed by atoms with E-state index in [0.717, 1.165) is 49.1 Å². The van der Waals surface area contributed by atoms with Gasteiger partial charge in [0.15, 0.2) is 0 Å². The fourth-order valence-electron chi connectivity index (χ4n) is 4.66. The van der Waals surface area contributed by atoms with E-state index in [2.05, 4.69) is 26.5 Å². The Kier molecular flexibility index (Phi) is 7.43. The van der Waals surface area contributed by atoms with Crippen LogP contribution < -0.4 is 29.9 Å². The van der Waals surface area contributed by atoms with Crippen molar-refractivity contribution in [2.24, 2.45) is 0 Å². The highest BCUT2D eigenvalue weighted by atomic mass is 16.5. The minimum Gasteiger partial charge on any atom is -0.497 e. The molecule has 2 aromatic rings. The first kappa shape index (κ1) is 24.4. The van der Waals surface area contributed by atoms with Gasteiger partial charge >= 0.3 is 6.03 Å². The molecule has 2 N–H and O–H groups in total. The van der Waals surface area contributed by atoms with Crippen LogP contribution in [0.15, 0.2) is 48.5 Å². The van der Waals surface area contributed by atoms with Crippen LogP contribution in [0.3, 0.4) is 0 Å². The van der Waals surface area contributed by atoms with E-state index in [9.17, 15) is 14.4 Å². The highest BCUT2D eigenvalue weighted by Crippen LogP contribution is 2.30. The number of rotatable bonds is 4. The second-order valence-corrected chi connectivity index (χ2v) is 8.91. The third kappa shape index (κ3) is 5.67. The summed E-state index contributed by atoms with van der Waals surface area (Å²) in [7, 11) is 3.31. The molecule has 0 aromatic heterocycles. The molecule has 3 aliphatic heterocycles. The number of imide groups is 1. The first-order valence-electron chi connectivity index (χ1n) is 11.9. The first-order valence-corrected chi connectivity index (χ1v) is 11.9. The van der Waals surface area contributed by atoms with Gasteiger partial charge in [0, 0.05) is 62.5 Å². The monoisotopic (exact) mass is 480 g/mol. The molecule has 3 heterocycles. The maximum Gasteiger partial charge on any atom is 0.322 e. The third-order valence-corrected chi connectivity index (χ3v) is 6.79. The van der Waals surface area contributed by atoms with E-state index in [0.29, 0.717) is 31.5 Å². The molecule has 0 saturated carbocycles. The van der Waals surface area contributed by atoms with E-state index >= 15 is 0 Å². The Bertz CT molecular complexity index is 1070. The standard InChI is InChI=1S/C14H17N3O3.C12H15NO2/c1-20-11-4-2-3-10(9-11)17-7-5-14(6-8-17)12(18)15-13(19)16-14;1-15-12-4-2-3-10(9-12)13-7-5-11(14)6-8-13/h2-4,9H,5-8H2,1H3,(H2,15,16,18,19);2-4,9H,5-8H2,1H3. The number of ketones is 1. The summed E-state index contributed by atoms with van der Waals surface area (Å²) in [5.74, 6) is 1.85. The zero-order chi connectivity index (χ0) is 24.8. The van der Waals surface area contributed by atoms with Crippen molar-refractivity contribution >= 4 is 29.1 Å². The lowest BCUT2D eigenvalue weighted by atomic mass is 9.87. The van der Waals surface area contributed by atoms with Crippen molar-refractivity contribution in [2.45, 2.75) is 31.2 Å². The molecule has 3 saturated heterocycles. The van der Waals surface area contributed by atoms with Gasteiger partial charge in [-0.1, -0.05) is 12.1 Å². The van der Waals surface area contributed by atoms with Gasteiger partial charge in [0.2, 0.25) is 0 Å². The van der Waals surface area contributed by atoms with Crippen molar-refractivity contribution in [1.29, 1.82) is 0 Å². The summed E-state index contributed by atoms with van der Waals surface area (Å²) in [5, 5.41) is 5.09. The van der Waals surface area contributed by atoms with Crippen molar-refractivity contribution < 1.29 is 23.9 Å². The third-order valence-electron chi connectivity index (χ3n) is 6.79. The molecule has 1 spiro atoms. The molecule has 0 aliphatic carbocycles. The van der Waals surface area contributed by atoms with Crippen LogP contribution >= 0.6 is 0 Å². The van der Waals surface area contributed by atoms with E-state index in [1.54, 1.807) is 14.2 Å². The summed E-state index contributed by atoms with van der Waals surface area (Å²) in [5.41, 5.74) is 1.50. The minimum absolute atomic E-state index is 0.201. The number of anilines is 2. The van der Waals surface area contributed by atoms with E-state index in [1.165, 1.54) is 0 Å². The molecule has 0 atom stereocenters. The number of nitrogens with zero attached hydrogens (tertiary/aromatic N) is 2. The minimum atomic E-state index is -0.716. The van der Waals surface area contributed by atoms with Gasteiger partial charge in [0.1, 0.15) is 22.8 Å². The van der Waals surface area contributed by atoms with Crippen molar-refractivity contribution in [3.05, 3.63) is 48.5 Å². The lowest BCUT2D eigenvalue weighted by Crippen LogP contribution is -2.54. The molecular weight excluding hydrogens is 448 g/mol. The number of ether oxygens (including phenoxy) is 2. The highest BCUT2D eigenvalue weighted by molar-refractivity contribution is 6.07. The van der Waals surface area contributed by atoms with Crippen LogP contribution in [0.25, 0.3) is 0 Å². The molecule has 9 heteroatoms. The molecule has 5 rings (SSSR count). The molecule has 0 unspecified atom stereocenters. The maximum absolute atomic E-state index is 11.9. The Hall–Kier alpha value is -3.75. The van der Waals surface area contributed by atoms with Crippen LogP contribution in [0.4, 0.5) is 16.2 Å². The number of carbonyl (C=O) groups is 3. The van der Waals surface area contributed by atoms with Crippen LogP contribution in [0.1, 0.15) is 25.7 Å². The van der Waals surface area contributed by atoms with E-state index in [1.807, 2.05) is 42.5 Å². The summed E-state index contributed by atoms with van der Waals surface area (Å²) in [6, 6.07) is 15.4. The molecule has 3 amide bonds. The Balaban J connectivity index is 0.000000172. The second kappa shape index (κ2) is 10.7. The van der Waals surface area contributed by atoms with E-state index < -0.39 is 5.54 Å². The number of hydrogen-bond acceptors (Lipinski definition) is 7. The van der Waals surface area contributed by atoms with Gasteiger partial charge in [0.25, 0.3) is 5.91 Å². The van der Waals surface area contributed by atoms with Gasteiger partial charge in [-0.3, -0.25) is 14.9 Å². The average molecular weight is 481 g/mol. The number of Topliss-reactive ketones (excluding diaryl/α,β-unsaturated/α-hetero) is 1. The number of amides is 3. The van der Waals surface area contributed by atoms with Gasteiger partial charge in [-0.2, -0.15) is 0 Å². The van der Waals surface area contributed by atoms with Gasteiger partial charge in [-0.25, -0.2) is 4.79 Å². The van der Waals surface area contributed by atoms with Gasteiger partial charge in [-0.15, -0.1) is 0 Å². The zero-order valence-electron chi connectivity index (χ0n) is 20.2. The predicted molar refractivity (Wildman–Crippen MR) is 133 cm³/mol. The summed E-state index contributed by atoms with van der Waals surface area (Å²) in [6.45, 7) is 3.10. The molecule has 35 heavy (non-hydrogen) atoms. The summed E-state index contributed by atoms with van der Waals surface area (Å²) >= 11 is 0. The summed E-state index contributed by atoms with van der Waals surface area (Å²) < 4.78 is 10.4. The first-order chi connectivity index (χ1) is 16.9. The molecule has 3 aliphatic rings. The largest absolute Gasteiger partial charge is 0.497 e. The number of methoxy groups -OCH3 is 2. The number of urea groups is 1. The Morgan fingerprint density at radius 2 is 1.29 bits per heavy atom. The van der Waals surface area contributed by atoms with Gasteiger partial charge in [-0.05, 0) is 37.1 Å². The summed E-state index contributed by atoms with van der Waals surface area (Å²) in [4.78, 5) is 38.7. The fourth-order valence-corrected chi connectivity index (χ4v) is 4.66. The van der Waals surface area contributed by atoms with Crippen molar-refractivity contribution in [3.8, 4) is 11.5 Å². The van der Waals surface area contributed by atoms with Crippen LogP contribution in [0, 0.1) is 0 Å². The number of benzene rings is 2. The number of carbonyl (C=O) groups excluding carboxylic acids is 3. The second-order valence-electron chi connectivity index (χ2n) is 8.91. The average Bonchev–Trinajstić information content (AvgIpc) is 3.17. The highest BCUT2D eigenvalue weighted by Gasteiger charge is 2.47. The molecular formula is C26H32N4O5. The normalized spacial score (nSPS) is 19.0. The topological polar surface area (TPSA) is 100 Å². The lowest BCUT2D eigenvalue weighted by Gasteiger charge is -2.38. The maximum atomic E-state index is 11.9. The Morgan fingerprint density at radius 1 is 0.771 bits per heavy atom. The summed E-state index contributed by atoms with van der Waals surface area (Å²) in [6.07, 6.45) is 2.55. The molecule has 9 nitrogen and oxygen atoms in total. The van der Waals surface area contributed by atoms with Crippen LogP contribution in [0.5, 0.6) is 11.5 Å². The molecule has 0 bridgehead atoms. The Morgan fingerprint density at radius 3 is 1.74 bits per heavy atom. The number of nitrogens with one attached hydrogen (secondary N) is 2. The van der Waals surface area contributed by atoms with Gasteiger partial charge in [0.05, 0.1) is 14.2 Å². The molecule has 3 fully saturated rings. The number of hydrogen-bond donors (Lipinski definition) is 2. The number of piperidine rings is 2. The Labute approximate surface area is 205 Å². The molecule has 2 aromatic carbocycles. The zero-order valence-corrected chi connectivity index (χ0v) is 20.2. The van der Waals surface area contributed by atoms with Crippen molar-refractivity contribution in [3.63, 3.8) is 0 Å². The van der Waals surface area contributed by atoms with Gasteiger partial charge < -0.3 is 24.6 Å². The molecule has 0 radical (unpaired) electrons. The molecule has 186 valence electrons. The fraction of sp³-hybridized carbons (Fsp3) is 0.423. The van der Waals surface area contributed by atoms with E-state index in [4.69, 9.17) is 9.47 Å². The van der Waals surface area contributed by atoms with Crippen molar-refractivity contribution in [1.82, 2.24) is 10.6 Å². The van der Waals surface area contributed by atoms with Crippen LogP contribution in [0.2, 0.25) is 0 Å². The van der Waals surface area contributed by atoms with Crippen LogP contribution in [-0.4, -0.2) is 63.7 Å². The lowest BCUT2D eigenvalue weighted by molar-refractivity contribution is -0.124. The van der Waals surface area contributed by atoms with Crippen LogP contribution in [-0.2, 0) is 9.59 Å². The predicted octanol–water partition coefficient (Wildman–Crippen LogP) is 2.74. The van der Waals surface area contributed by atoms with E-state index in [-0.39, 0.29) is 11.9 Å². The quantitative estimate of drug-likeness (QED) is 0.649. The van der Waals surface area contributed by atoms with Crippen molar-refractivity contribution in [2.75, 3.05) is 50.2 Å².